The van der Waals surface area contributed by atoms with Crippen molar-refractivity contribution in [3.8, 4) is 11.1 Å². The summed E-state index contributed by atoms with van der Waals surface area (Å²) in [6, 6.07) is 10.7. The first-order valence-corrected chi connectivity index (χ1v) is 9.18. The molecule has 0 spiro atoms. The van der Waals surface area contributed by atoms with Gasteiger partial charge in [0.1, 0.15) is 0 Å². The van der Waals surface area contributed by atoms with Crippen LogP contribution in [-0.2, 0) is 0 Å². The number of benzene rings is 1. The van der Waals surface area contributed by atoms with Crippen LogP contribution in [-0.4, -0.2) is 10.5 Å². The minimum absolute atomic E-state index is 0.320. The van der Waals surface area contributed by atoms with Gasteiger partial charge in [0, 0.05) is 23.0 Å². The number of amides is 1. The Morgan fingerprint density at radius 1 is 0.958 bits per heavy atom. The summed E-state index contributed by atoms with van der Waals surface area (Å²) in [6.07, 6.45) is 8.94. The van der Waals surface area contributed by atoms with Crippen molar-refractivity contribution >= 4 is 5.91 Å². The van der Waals surface area contributed by atoms with Crippen LogP contribution >= 0.6 is 0 Å². The molecule has 1 aliphatic carbocycles. The largest absolute Gasteiger partial charge is 0.366 e. The number of rotatable bonds is 3. The SMILES string of the molecule is Cc1c(C(N)=O)c(-c2ccccc2)c(C)n1C1CCCCCCC1. The van der Waals surface area contributed by atoms with Crippen molar-refractivity contribution < 1.29 is 4.79 Å². The van der Waals surface area contributed by atoms with E-state index in [1.165, 1.54) is 50.6 Å². The van der Waals surface area contributed by atoms with Crippen molar-refractivity contribution in [1.82, 2.24) is 4.57 Å². The lowest BCUT2D eigenvalue weighted by atomic mass is 9.96. The Balaban J connectivity index is 2.12. The zero-order valence-corrected chi connectivity index (χ0v) is 14.8. The fourth-order valence-electron chi connectivity index (χ4n) is 4.35. The van der Waals surface area contributed by atoms with Crippen LogP contribution in [0.3, 0.4) is 0 Å². The molecule has 1 amide bonds. The fraction of sp³-hybridized carbons (Fsp3) is 0.476. The third-order valence-corrected chi connectivity index (χ3v) is 5.45. The monoisotopic (exact) mass is 324 g/mol. The lowest BCUT2D eigenvalue weighted by molar-refractivity contribution is 0.1000. The summed E-state index contributed by atoms with van der Waals surface area (Å²) in [4.78, 5) is 12.2. The summed E-state index contributed by atoms with van der Waals surface area (Å²) in [5, 5.41) is 0. The van der Waals surface area contributed by atoms with Gasteiger partial charge in [-0.25, -0.2) is 0 Å². The van der Waals surface area contributed by atoms with Crippen molar-refractivity contribution in [1.29, 1.82) is 0 Å². The molecular weight excluding hydrogens is 296 g/mol. The first-order chi connectivity index (χ1) is 11.6. The van der Waals surface area contributed by atoms with E-state index in [0.29, 0.717) is 11.6 Å². The molecule has 1 aliphatic rings. The molecule has 128 valence electrons. The van der Waals surface area contributed by atoms with Gasteiger partial charge >= 0.3 is 0 Å². The van der Waals surface area contributed by atoms with Crippen LogP contribution in [0.2, 0.25) is 0 Å². The Bertz CT molecular complexity index is 707. The Morgan fingerprint density at radius 2 is 1.54 bits per heavy atom. The predicted molar refractivity (Wildman–Crippen MR) is 99.2 cm³/mol. The van der Waals surface area contributed by atoms with E-state index in [1.807, 2.05) is 18.2 Å². The third kappa shape index (κ3) is 3.12. The average molecular weight is 324 g/mol. The molecule has 3 rings (SSSR count). The van der Waals surface area contributed by atoms with E-state index in [1.54, 1.807) is 0 Å². The standard InChI is InChI=1S/C21H28N2O/c1-15-19(17-11-7-6-8-12-17)20(21(22)24)16(2)23(15)18-13-9-4-3-5-10-14-18/h6-8,11-12,18H,3-5,9-10,13-14H2,1-2H3,(H2,22,24). The van der Waals surface area contributed by atoms with E-state index >= 15 is 0 Å². The molecule has 0 saturated heterocycles. The van der Waals surface area contributed by atoms with E-state index in [0.717, 1.165) is 16.8 Å². The quantitative estimate of drug-likeness (QED) is 0.833. The van der Waals surface area contributed by atoms with Gasteiger partial charge in [-0.05, 0) is 32.3 Å². The lowest BCUT2D eigenvalue weighted by Gasteiger charge is -2.25. The molecular formula is C21H28N2O. The Hall–Kier alpha value is -2.03. The average Bonchev–Trinajstić information content (AvgIpc) is 2.80. The predicted octanol–water partition coefficient (Wildman–Crippen LogP) is 5.16. The molecule has 1 fully saturated rings. The van der Waals surface area contributed by atoms with E-state index in [2.05, 4.69) is 30.5 Å². The van der Waals surface area contributed by atoms with Crippen LogP contribution in [0, 0.1) is 13.8 Å². The molecule has 24 heavy (non-hydrogen) atoms. The zero-order chi connectivity index (χ0) is 17.1. The topological polar surface area (TPSA) is 48.0 Å². The van der Waals surface area contributed by atoms with Crippen molar-refractivity contribution in [2.75, 3.05) is 0 Å². The second kappa shape index (κ2) is 7.25. The van der Waals surface area contributed by atoms with Gasteiger partial charge in [-0.1, -0.05) is 62.4 Å². The van der Waals surface area contributed by atoms with E-state index in [-0.39, 0.29) is 5.91 Å². The number of nitrogens with two attached hydrogens (primary N) is 1. The van der Waals surface area contributed by atoms with E-state index < -0.39 is 0 Å². The maximum Gasteiger partial charge on any atom is 0.251 e. The molecule has 3 nitrogen and oxygen atoms in total. The Kier molecular flexibility index (Phi) is 5.08. The van der Waals surface area contributed by atoms with Gasteiger partial charge in [0.25, 0.3) is 5.91 Å². The van der Waals surface area contributed by atoms with Crippen LogP contribution in [0.4, 0.5) is 0 Å². The van der Waals surface area contributed by atoms with Crippen molar-refractivity contribution in [2.45, 2.75) is 64.8 Å². The highest BCUT2D eigenvalue weighted by molar-refractivity contribution is 6.02. The van der Waals surface area contributed by atoms with Gasteiger partial charge in [-0.2, -0.15) is 0 Å². The van der Waals surface area contributed by atoms with Crippen molar-refractivity contribution in [2.24, 2.45) is 5.73 Å². The second-order valence-electron chi connectivity index (χ2n) is 7.02. The number of primary amides is 1. The Labute approximate surface area is 144 Å². The van der Waals surface area contributed by atoms with Crippen LogP contribution < -0.4 is 5.73 Å². The minimum Gasteiger partial charge on any atom is -0.366 e. The van der Waals surface area contributed by atoms with Gasteiger partial charge in [-0.15, -0.1) is 0 Å². The summed E-state index contributed by atoms with van der Waals surface area (Å²) in [6.45, 7) is 4.19. The number of hydrogen-bond donors (Lipinski definition) is 1. The number of carbonyl (C=O) groups is 1. The van der Waals surface area contributed by atoms with Crippen molar-refractivity contribution in [3.63, 3.8) is 0 Å². The molecule has 1 aromatic carbocycles. The highest BCUT2D eigenvalue weighted by Crippen LogP contribution is 2.37. The van der Waals surface area contributed by atoms with E-state index in [9.17, 15) is 4.79 Å². The van der Waals surface area contributed by atoms with Crippen LogP contribution in [0.25, 0.3) is 11.1 Å². The molecule has 0 bridgehead atoms. The lowest BCUT2D eigenvalue weighted by Crippen LogP contribution is -2.16. The van der Waals surface area contributed by atoms with E-state index in [4.69, 9.17) is 5.73 Å². The van der Waals surface area contributed by atoms with Crippen LogP contribution in [0.15, 0.2) is 30.3 Å². The van der Waals surface area contributed by atoms with Gasteiger partial charge < -0.3 is 10.3 Å². The van der Waals surface area contributed by atoms with Gasteiger partial charge in [0.2, 0.25) is 0 Å². The molecule has 2 aromatic rings. The van der Waals surface area contributed by atoms with Crippen LogP contribution in [0.5, 0.6) is 0 Å². The third-order valence-electron chi connectivity index (χ3n) is 5.45. The molecule has 2 N–H and O–H groups in total. The molecule has 1 saturated carbocycles. The zero-order valence-electron chi connectivity index (χ0n) is 14.8. The summed E-state index contributed by atoms with van der Waals surface area (Å²) >= 11 is 0. The van der Waals surface area contributed by atoms with Gasteiger partial charge in [0.15, 0.2) is 0 Å². The normalized spacial score (nSPS) is 16.6. The van der Waals surface area contributed by atoms with Crippen LogP contribution in [0.1, 0.15) is 72.7 Å². The Morgan fingerprint density at radius 3 is 2.12 bits per heavy atom. The smallest absolute Gasteiger partial charge is 0.251 e. The molecule has 1 heterocycles. The highest BCUT2D eigenvalue weighted by atomic mass is 16.1. The molecule has 0 aliphatic heterocycles. The molecule has 3 heteroatoms. The molecule has 0 atom stereocenters. The van der Waals surface area contributed by atoms with Crippen molar-refractivity contribution in [3.05, 3.63) is 47.3 Å². The molecule has 0 unspecified atom stereocenters. The van der Waals surface area contributed by atoms with Gasteiger partial charge in [-0.3, -0.25) is 4.79 Å². The minimum atomic E-state index is -0.320. The van der Waals surface area contributed by atoms with Gasteiger partial charge in [0.05, 0.1) is 5.56 Å². The number of aromatic nitrogens is 1. The fourth-order valence-corrected chi connectivity index (χ4v) is 4.35. The molecule has 1 aromatic heterocycles. The first-order valence-electron chi connectivity index (χ1n) is 9.18. The maximum absolute atomic E-state index is 12.2. The second-order valence-corrected chi connectivity index (χ2v) is 7.02. The number of hydrogen-bond acceptors (Lipinski definition) is 1. The highest BCUT2D eigenvalue weighted by Gasteiger charge is 2.26. The summed E-state index contributed by atoms with van der Waals surface area (Å²) in [5.74, 6) is -0.320. The number of nitrogens with zero attached hydrogens (tertiary/aromatic N) is 1. The maximum atomic E-state index is 12.2. The number of carbonyl (C=O) groups excluding carboxylic acids is 1. The summed E-state index contributed by atoms with van der Waals surface area (Å²) in [5.41, 5.74) is 10.8. The molecule has 0 radical (unpaired) electrons. The summed E-state index contributed by atoms with van der Waals surface area (Å²) < 4.78 is 2.40. The first kappa shape index (κ1) is 16.8. The summed E-state index contributed by atoms with van der Waals surface area (Å²) in [7, 11) is 0.